The Balaban J connectivity index is 1.49. The highest BCUT2D eigenvalue weighted by Crippen LogP contribution is 2.27. The van der Waals surface area contributed by atoms with E-state index in [2.05, 4.69) is 25.9 Å². The van der Waals surface area contributed by atoms with E-state index in [0.29, 0.717) is 85.7 Å². The predicted octanol–water partition coefficient (Wildman–Crippen LogP) is 1.07. The van der Waals surface area contributed by atoms with E-state index in [0.717, 1.165) is 39.1 Å². The molecule has 3 saturated heterocycles. The monoisotopic (exact) mass is 694 g/mol. The smallest absolute Gasteiger partial charge is 0.128 e. The normalized spacial score (nSPS) is 23.8. The van der Waals surface area contributed by atoms with Crippen LogP contribution in [0.2, 0.25) is 0 Å². The van der Waals surface area contributed by atoms with Crippen molar-refractivity contribution in [1.29, 1.82) is 0 Å². The fraction of sp³-hybridized carbons (Fsp3) is 1.00. The van der Waals surface area contributed by atoms with Gasteiger partial charge < -0.3 is 47.5 Å². The molecule has 0 bridgehead atoms. The van der Waals surface area contributed by atoms with Crippen molar-refractivity contribution >= 4 is 0 Å². The molecule has 3 fully saturated rings. The van der Waals surface area contributed by atoms with Crippen LogP contribution in [0.4, 0.5) is 0 Å². The van der Waals surface area contributed by atoms with Crippen LogP contribution in [0.25, 0.3) is 0 Å². The Morgan fingerprint density at radius 2 is 1.19 bits per heavy atom. The summed E-state index contributed by atoms with van der Waals surface area (Å²) in [6.07, 6.45) is 2.52. The summed E-state index contributed by atoms with van der Waals surface area (Å²) in [5, 5.41) is 3.36. The fourth-order valence-corrected chi connectivity index (χ4v) is 5.10. The third kappa shape index (κ3) is 17.3. The zero-order chi connectivity index (χ0) is 34.5. The first-order valence-electron chi connectivity index (χ1n) is 17.5. The second-order valence-electron chi connectivity index (χ2n) is 13.3. The predicted molar refractivity (Wildman–Crippen MR) is 175 cm³/mol. The van der Waals surface area contributed by atoms with Gasteiger partial charge in [-0.2, -0.15) is 4.91 Å². The molecule has 3 aliphatic heterocycles. The van der Waals surface area contributed by atoms with Gasteiger partial charge in [0.15, 0.2) is 0 Å². The maximum Gasteiger partial charge on any atom is 0.128 e. The summed E-state index contributed by atoms with van der Waals surface area (Å²) in [5.41, 5.74) is -0.701. The van der Waals surface area contributed by atoms with E-state index < -0.39 is 12.1 Å². The van der Waals surface area contributed by atoms with Crippen LogP contribution in [0.1, 0.15) is 40.0 Å². The largest absolute Gasteiger partial charge is 0.381 e. The molecule has 16 heteroatoms. The Morgan fingerprint density at radius 1 is 0.708 bits per heavy atom. The maximum absolute atomic E-state index is 11.9. The Labute approximate surface area is 285 Å². The summed E-state index contributed by atoms with van der Waals surface area (Å²) in [6.45, 7) is 15.1. The number of rotatable bonds is 35. The number of hydrogen-bond donors (Lipinski definition) is 2. The number of nitroso groups, excluding NO2 is 1. The van der Waals surface area contributed by atoms with E-state index in [1.807, 2.05) is 4.90 Å². The Morgan fingerprint density at radius 3 is 1.60 bits per heavy atom. The number of hydrogen-bond acceptors (Lipinski definition) is 16. The van der Waals surface area contributed by atoms with Gasteiger partial charge in [-0.15, -0.1) is 0 Å². The van der Waals surface area contributed by atoms with Gasteiger partial charge in [-0.05, 0) is 19.3 Å². The van der Waals surface area contributed by atoms with Gasteiger partial charge in [-0.3, -0.25) is 9.74 Å². The molecule has 0 spiro atoms. The van der Waals surface area contributed by atoms with Gasteiger partial charge in [-0.1, -0.05) is 25.9 Å². The lowest BCUT2D eigenvalue weighted by Gasteiger charge is -2.33. The zero-order valence-electron chi connectivity index (χ0n) is 29.4. The second kappa shape index (κ2) is 23.5. The van der Waals surface area contributed by atoms with Crippen molar-refractivity contribution in [2.75, 3.05) is 125 Å². The standard InChI is InChI=1S/C32H62N4O12/c1-4-8-38-20-31(5-2,22-41-14-28-17-44-28)21-39-12-26(35-37)10-36(7-9-47-33)11-27(48-34)13-40-23-32(6-3,24-42-15-29-18-45-29)25-43-16-30-19-46-30/h26-30H,4-25,33-34H2,1-3H3. The first kappa shape index (κ1) is 41.5. The average Bonchev–Trinajstić information content (AvgIpc) is 3.94. The topological polar surface area (TPSA) is 196 Å². The molecular weight excluding hydrogens is 632 g/mol. The lowest BCUT2D eigenvalue weighted by molar-refractivity contribution is -0.0983. The van der Waals surface area contributed by atoms with Crippen molar-refractivity contribution in [1.82, 2.24) is 4.90 Å². The first-order chi connectivity index (χ1) is 23.4. The van der Waals surface area contributed by atoms with Crippen LogP contribution >= 0.6 is 0 Å². The van der Waals surface area contributed by atoms with Gasteiger partial charge in [0.25, 0.3) is 0 Å². The minimum absolute atomic E-state index is 0.131. The van der Waals surface area contributed by atoms with Crippen LogP contribution in [0.5, 0.6) is 0 Å². The zero-order valence-corrected chi connectivity index (χ0v) is 29.4. The van der Waals surface area contributed by atoms with Gasteiger partial charge >= 0.3 is 0 Å². The van der Waals surface area contributed by atoms with Crippen LogP contribution in [0, 0.1) is 15.7 Å². The summed E-state index contributed by atoms with van der Waals surface area (Å²) in [4.78, 5) is 24.0. The van der Waals surface area contributed by atoms with Crippen LogP contribution < -0.4 is 11.8 Å². The number of nitrogens with zero attached hydrogens (tertiary/aromatic N) is 2. The van der Waals surface area contributed by atoms with Crippen molar-refractivity contribution in [2.45, 2.75) is 70.5 Å². The van der Waals surface area contributed by atoms with E-state index in [-0.39, 0.29) is 49.0 Å². The van der Waals surface area contributed by atoms with Gasteiger partial charge in [0, 0.05) is 37.1 Å². The first-order valence-corrected chi connectivity index (χ1v) is 17.5. The highest BCUT2D eigenvalue weighted by molar-refractivity contribution is 4.82. The summed E-state index contributed by atoms with van der Waals surface area (Å²) < 4.78 is 51.9. The van der Waals surface area contributed by atoms with Crippen LogP contribution in [0.3, 0.4) is 0 Å². The van der Waals surface area contributed by atoms with Gasteiger partial charge in [0.1, 0.15) is 30.5 Å². The molecule has 3 rings (SSSR count). The molecule has 6 atom stereocenters. The molecule has 16 nitrogen and oxygen atoms in total. The molecule has 0 saturated carbocycles. The maximum atomic E-state index is 11.9. The van der Waals surface area contributed by atoms with E-state index in [4.69, 9.17) is 64.1 Å². The minimum Gasteiger partial charge on any atom is -0.381 e. The fourth-order valence-electron chi connectivity index (χ4n) is 5.10. The Bertz CT molecular complexity index is 821. The third-order valence-electron chi connectivity index (χ3n) is 8.83. The Kier molecular flexibility index (Phi) is 20.3. The van der Waals surface area contributed by atoms with Gasteiger partial charge in [0.2, 0.25) is 0 Å². The third-order valence-corrected chi connectivity index (χ3v) is 8.83. The highest BCUT2D eigenvalue weighted by atomic mass is 16.6. The molecule has 282 valence electrons. The summed E-state index contributed by atoms with van der Waals surface area (Å²) in [7, 11) is 0. The van der Waals surface area contributed by atoms with Crippen molar-refractivity contribution in [3.63, 3.8) is 0 Å². The summed E-state index contributed by atoms with van der Waals surface area (Å²) in [6, 6.07) is -0.651. The summed E-state index contributed by atoms with van der Waals surface area (Å²) >= 11 is 0. The molecule has 4 N–H and O–H groups in total. The molecule has 3 aliphatic rings. The van der Waals surface area contributed by atoms with Crippen molar-refractivity contribution in [3.05, 3.63) is 4.91 Å². The van der Waals surface area contributed by atoms with Crippen LogP contribution in [-0.2, 0) is 52.3 Å². The molecule has 48 heavy (non-hydrogen) atoms. The van der Waals surface area contributed by atoms with Gasteiger partial charge in [0.05, 0.1) is 99.1 Å². The molecule has 0 aliphatic carbocycles. The lowest BCUT2D eigenvalue weighted by Crippen LogP contribution is -2.45. The second-order valence-corrected chi connectivity index (χ2v) is 13.3. The molecular formula is C32H62N4O12. The van der Waals surface area contributed by atoms with Crippen molar-refractivity contribution in [3.8, 4) is 0 Å². The number of nitrogens with two attached hydrogens (primary N) is 2. The molecule has 0 aromatic rings. The highest BCUT2D eigenvalue weighted by Gasteiger charge is 2.35. The van der Waals surface area contributed by atoms with E-state index in [1.165, 1.54) is 0 Å². The van der Waals surface area contributed by atoms with E-state index in [1.54, 1.807) is 0 Å². The average molecular weight is 695 g/mol. The molecule has 0 amide bonds. The minimum atomic E-state index is -0.651. The summed E-state index contributed by atoms with van der Waals surface area (Å²) in [5.74, 6) is 11.1. The van der Waals surface area contributed by atoms with Crippen molar-refractivity contribution < 1.29 is 52.3 Å². The number of ether oxygens (including phenoxy) is 9. The quantitative estimate of drug-likeness (QED) is 0.0413. The van der Waals surface area contributed by atoms with E-state index >= 15 is 0 Å². The molecule has 0 aromatic carbocycles. The lowest BCUT2D eigenvalue weighted by atomic mass is 9.88. The van der Waals surface area contributed by atoms with Gasteiger partial charge in [-0.25, -0.2) is 11.8 Å². The van der Waals surface area contributed by atoms with Crippen LogP contribution in [0.15, 0.2) is 5.18 Å². The van der Waals surface area contributed by atoms with Crippen LogP contribution in [-0.4, -0.2) is 161 Å². The van der Waals surface area contributed by atoms with E-state index in [9.17, 15) is 4.91 Å². The Hall–Kier alpha value is -0.960. The molecule has 0 radical (unpaired) electrons. The molecule has 6 unspecified atom stereocenters. The molecule has 3 heterocycles. The molecule has 0 aromatic heterocycles. The SMILES string of the molecule is CCCOCC(CC)(COCC(CN(CCON)CC(COCC(CC)(COCC1CO1)COCC1CO1)ON)N=O)COCC1CO1. The number of epoxide rings is 3. The van der Waals surface area contributed by atoms with Crippen molar-refractivity contribution in [2.24, 2.45) is 27.8 Å².